The quantitative estimate of drug-likeness (QED) is 0.571. The summed E-state index contributed by atoms with van der Waals surface area (Å²) in [5, 5.41) is 4.78. The van der Waals surface area contributed by atoms with E-state index in [2.05, 4.69) is 9.93 Å². The molecule has 0 atom stereocenters. The van der Waals surface area contributed by atoms with Gasteiger partial charge in [-0.3, -0.25) is 0 Å². The average Bonchev–Trinajstić information content (AvgIpc) is 2.51. The SMILES string of the molecule is CCOc1c(Cl)cc(/C=N/NS(=O)(=O)c2ccc(Cl)cc2)cc1Cl. The normalized spacial score (nSPS) is 11.7. The summed E-state index contributed by atoms with van der Waals surface area (Å²) in [4.78, 5) is 2.15. The van der Waals surface area contributed by atoms with Gasteiger partial charge in [-0.05, 0) is 48.9 Å². The smallest absolute Gasteiger partial charge is 0.276 e. The second kappa shape index (κ2) is 8.07. The molecular formula is C15H13Cl3N2O3S. The van der Waals surface area contributed by atoms with Crippen LogP contribution in [-0.4, -0.2) is 21.2 Å². The summed E-state index contributed by atoms with van der Waals surface area (Å²) in [6, 6.07) is 8.85. The van der Waals surface area contributed by atoms with Crippen LogP contribution >= 0.6 is 34.8 Å². The number of ether oxygens (including phenoxy) is 1. The van der Waals surface area contributed by atoms with Crippen molar-refractivity contribution in [2.45, 2.75) is 11.8 Å². The maximum absolute atomic E-state index is 12.1. The molecule has 0 aliphatic heterocycles. The Morgan fingerprint density at radius 3 is 2.25 bits per heavy atom. The standard InChI is InChI=1S/C15H13Cl3N2O3S/c1-2-23-15-13(17)7-10(8-14(15)18)9-19-20-24(21,22)12-5-3-11(16)4-6-12/h3-9,20H,2H2,1H3/b19-9+. The van der Waals surface area contributed by atoms with Crippen LogP contribution in [-0.2, 0) is 10.0 Å². The van der Waals surface area contributed by atoms with Gasteiger partial charge in [0.05, 0.1) is 27.8 Å². The van der Waals surface area contributed by atoms with Gasteiger partial charge in [-0.1, -0.05) is 34.8 Å². The molecule has 0 amide bonds. The van der Waals surface area contributed by atoms with Crippen molar-refractivity contribution >= 4 is 51.0 Å². The van der Waals surface area contributed by atoms with E-state index in [1.54, 1.807) is 12.1 Å². The zero-order valence-corrected chi connectivity index (χ0v) is 15.5. The topological polar surface area (TPSA) is 67.8 Å². The van der Waals surface area contributed by atoms with Crippen LogP contribution in [0.15, 0.2) is 46.4 Å². The number of benzene rings is 2. The molecule has 0 bridgehead atoms. The van der Waals surface area contributed by atoms with Crippen LogP contribution in [0.4, 0.5) is 0 Å². The predicted molar refractivity (Wildman–Crippen MR) is 97.0 cm³/mol. The third-order valence-corrected chi connectivity index (χ3v) is 4.87. The Morgan fingerprint density at radius 1 is 1.12 bits per heavy atom. The van der Waals surface area contributed by atoms with Crippen LogP contribution < -0.4 is 9.57 Å². The maximum atomic E-state index is 12.1. The van der Waals surface area contributed by atoms with Gasteiger partial charge in [0, 0.05) is 5.02 Å². The van der Waals surface area contributed by atoms with Crippen LogP contribution in [0.1, 0.15) is 12.5 Å². The Balaban J connectivity index is 2.15. The number of hydrogen-bond donors (Lipinski definition) is 1. The van der Waals surface area contributed by atoms with E-state index >= 15 is 0 Å². The Kier molecular flexibility index (Phi) is 6.34. The molecule has 0 aliphatic carbocycles. The van der Waals surface area contributed by atoms with Crippen molar-refractivity contribution < 1.29 is 13.2 Å². The maximum Gasteiger partial charge on any atom is 0.276 e. The van der Waals surface area contributed by atoms with Gasteiger partial charge in [0.25, 0.3) is 10.0 Å². The Morgan fingerprint density at radius 2 is 1.71 bits per heavy atom. The van der Waals surface area contributed by atoms with Gasteiger partial charge < -0.3 is 4.74 Å². The van der Waals surface area contributed by atoms with Crippen molar-refractivity contribution in [2.75, 3.05) is 6.61 Å². The molecule has 2 aromatic carbocycles. The molecule has 1 N–H and O–H groups in total. The summed E-state index contributed by atoms with van der Waals surface area (Å²) in [7, 11) is -3.78. The van der Waals surface area contributed by atoms with Crippen LogP contribution in [0.3, 0.4) is 0 Å². The number of hydrazone groups is 1. The number of halogens is 3. The van der Waals surface area contributed by atoms with Gasteiger partial charge in [-0.25, -0.2) is 4.83 Å². The summed E-state index contributed by atoms with van der Waals surface area (Å²) >= 11 is 17.9. The molecule has 128 valence electrons. The minimum Gasteiger partial charge on any atom is -0.491 e. The van der Waals surface area contributed by atoms with Crippen molar-refractivity contribution in [3.05, 3.63) is 57.0 Å². The molecule has 0 saturated carbocycles. The minimum atomic E-state index is -3.78. The highest BCUT2D eigenvalue weighted by Crippen LogP contribution is 2.33. The van der Waals surface area contributed by atoms with Gasteiger partial charge in [-0.15, -0.1) is 0 Å². The molecule has 0 aromatic heterocycles. The van der Waals surface area contributed by atoms with Gasteiger partial charge in [0.1, 0.15) is 0 Å². The highest BCUT2D eigenvalue weighted by atomic mass is 35.5. The molecule has 0 aliphatic rings. The molecule has 0 unspecified atom stereocenters. The number of hydrogen-bond acceptors (Lipinski definition) is 4. The van der Waals surface area contributed by atoms with E-state index in [9.17, 15) is 8.42 Å². The second-order valence-electron chi connectivity index (χ2n) is 4.55. The van der Waals surface area contributed by atoms with Crippen molar-refractivity contribution in [3.63, 3.8) is 0 Å². The van der Waals surface area contributed by atoms with Crippen molar-refractivity contribution in [2.24, 2.45) is 5.10 Å². The molecule has 9 heteroatoms. The first-order valence-corrected chi connectivity index (χ1v) is 9.37. The van der Waals surface area contributed by atoms with Crippen LogP contribution in [0.2, 0.25) is 15.1 Å². The lowest BCUT2D eigenvalue weighted by Crippen LogP contribution is -2.18. The molecule has 24 heavy (non-hydrogen) atoms. The first kappa shape index (κ1) is 18.9. The van der Waals surface area contributed by atoms with Crippen molar-refractivity contribution in [1.82, 2.24) is 4.83 Å². The van der Waals surface area contributed by atoms with E-state index in [1.165, 1.54) is 30.5 Å². The minimum absolute atomic E-state index is 0.0480. The van der Waals surface area contributed by atoms with Crippen molar-refractivity contribution in [3.8, 4) is 5.75 Å². The fourth-order valence-electron chi connectivity index (χ4n) is 1.77. The summed E-state index contributed by atoms with van der Waals surface area (Å²) < 4.78 is 29.5. The predicted octanol–water partition coefficient (Wildman–Crippen LogP) is 4.36. The van der Waals surface area contributed by atoms with E-state index in [-0.39, 0.29) is 4.90 Å². The van der Waals surface area contributed by atoms with E-state index in [0.29, 0.717) is 33.0 Å². The molecule has 0 spiro atoms. The summed E-state index contributed by atoms with van der Waals surface area (Å²) in [6.07, 6.45) is 1.29. The lowest BCUT2D eigenvalue weighted by atomic mass is 10.2. The summed E-state index contributed by atoms with van der Waals surface area (Å²) in [6.45, 7) is 2.24. The Bertz CT molecular complexity index is 830. The van der Waals surface area contributed by atoms with Gasteiger partial charge in [0.15, 0.2) is 5.75 Å². The molecule has 2 rings (SSSR count). The molecule has 0 heterocycles. The fourth-order valence-corrected chi connectivity index (χ4v) is 3.30. The van der Waals surface area contributed by atoms with Gasteiger partial charge >= 0.3 is 0 Å². The third kappa shape index (κ3) is 4.77. The van der Waals surface area contributed by atoms with E-state index in [1.807, 2.05) is 6.92 Å². The van der Waals surface area contributed by atoms with Crippen molar-refractivity contribution in [1.29, 1.82) is 0 Å². The lowest BCUT2D eigenvalue weighted by molar-refractivity contribution is 0.340. The fraction of sp³-hybridized carbons (Fsp3) is 0.133. The Hall–Kier alpha value is -1.47. The highest BCUT2D eigenvalue weighted by Gasteiger charge is 2.12. The Labute approximate surface area is 155 Å². The largest absolute Gasteiger partial charge is 0.491 e. The number of rotatable bonds is 6. The number of nitrogens with zero attached hydrogens (tertiary/aromatic N) is 1. The molecule has 5 nitrogen and oxygen atoms in total. The molecule has 0 fully saturated rings. The van der Waals surface area contributed by atoms with E-state index in [4.69, 9.17) is 39.5 Å². The highest BCUT2D eigenvalue weighted by molar-refractivity contribution is 7.89. The number of sulfonamides is 1. The first-order chi connectivity index (χ1) is 11.3. The first-order valence-electron chi connectivity index (χ1n) is 6.75. The zero-order chi connectivity index (χ0) is 17.7. The molecular weight excluding hydrogens is 395 g/mol. The van der Waals surface area contributed by atoms with Crippen LogP contribution in [0.25, 0.3) is 0 Å². The van der Waals surface area contributed by atoms with Gasteiger partial charge in [-0.2, -0.15) is 13.5 Å². The molecule has 0 saturated heterocycles. The second-order valence-corrected chi connectivity index (χ2v) is 7.47. The number of nitrogens with one attached hydrogen (secondary N) is 1. The average molecular weight is 408 g/mol. The van der Waals surface area contributed by atoms with Crippen LogP contribution in [0.5, 0.6) is 5.75 Å². The molecule has 2 aromatic rings. The third-order valence-electron chi connectivity index (χ3n) is 2.82. The van der Waals surface area contributed by atoms with Gasteiger partial charge in [0.2, 0.25) is 0 Å². The van der Waals surface area contributed by atoms with E-state index < -0.39 is 10.0 Å². The molecule has 0 radical (unpaired) electrons. The summed E-state index contributed by atoms with van der Waals surface area (Å²) in [5.74, 6) is 0.375. The monoisotopic (exact) mass is 406 g/mol. The van der Waals surface area contributed by atoms with Crippen LogP contribution in [0, 0.1) is 0 Å². The summed E-state index contributed by atoms with van der Waals surface area (Å²) in [5.41, 5.74) is 0.521. The zero-order valence-electron chi connectivity index (χ0n) is 12.5. The van der Waals surface area contributed by atoms with E-state index in [0.717, 1.165) is 0 Å². The lowest BCUT2D eigenvalue weighted by Gasteiger charge is -2.08.